The minimum Gasteiger partial charge on any atom is -0.296 e. The van der Waals surface area contributed by atoms with Crippen LogP contribution in [0.15, 0.2) is 53.7 Å². The molecule has 5 heteroatoms. The van der Waals surface area contributed by atoms with Gasteiger partial charge in [-0.25, -0.2) is 4.98 Å². The van der Waals surface area contributed by atoms with Crippen molar-refractivity contribution in [3.05, 3.63) is 64.9 Å². The van der Waals surface area contributed by atoms with Crippen molar-refractivity contribution < 1.29 is 4.79 Å². The van der Waals surface area contributed by atoms with E-state index in [1.54, 1.807) is 36.0 Å². The van der Waals surface area contributed by atoms with E-state index in [1.165, 1.54) is 0 Å². The molecule has 0 aliphatic carbocycles. The lowest BCUT2D eigenvalue weighted by molar-refractivity contribution is 0.103. The van der Waals surface area contributed by atoms with Crippen LogP contribution in [0.4, 0.5) is 0 Å². The molecule has 1 aromatic carbocycles. The SMILES string of the molecule is CCSc1nc2ccccn2c1C(=O)c1ccc(Cl)cc1. The number of carbonyl (C=O) groups excluding carboxylic acids is 1. The second-order valence-corrected chi connectivity index (χ2v) is 6.15. The molecule has 0 amide bonds. The first kappa shape index (κ1) is 14.2. The Morgan fingerprint density at radius 2 is 2.00 bits per heavy atom. The monoisotopic (exact) mass is 316 g/mol. The summed E-state index contributed by atoms with van der Waals surface area (Å²) in [6, 6.07) is 12.7. The summed E-state index contributed by atoms with van der Waals surface area (Å²) >= 11 is 7.46. The van der Waals surface area contributed by atoms with Crippen molar-refractivity contribution in [2.75, 3.05) is 5.75 Å². The number of fused-ring (bicyclic) bond motifs is 1. The molecular formula is C16H13ClN2OS. The van der Waals surface area contributed by atoms with E-state index in [0.717, 1.165) is 16.4 Å². The molecule has 3 aromatic rings. The van der Waals surface area contributed by atoms with Crippen LogP contribution in [-0.4, -0.2) is 20.9 Å². The third kappa shape index (κ3) is 2.69. The van der Waals surface area contributed by atoms with Gasteiger partial charge in [0.2, 0.25) is 5.78 Å². The average molecular weight is 317 g/mol. The first-order valence-electron chi connectivity index (χ1n) is 6.61. The van der Waals surface area contributed by atoms with Gasteiger partial charge in [-0.2, -0.15) is 0 Å². The number of rotatable bonds is 4. The molecule has 0 saturated carbocycles. The molecule has 0 atom stereocenters. The van der Waals surface area contributed by atoms with Crippen molar-refractivity contribution in [1.29, 1.82) is 0 Å². The van der Waals surface area contributed by atoms with Crippen LogP contribution in [0.25, 0.3) is 5.65 Å². The van der Waals surface area contributed by atoms with Crippen LogP contribution in [0.5, 0.6) is 0 Å². The summed E-state index contributed by atoms with van der Waals surface area (Å²) in [7, 11) is 0. The van der Waals surface area contributed by atoms with E-state index in [9.17, 15) is 4.79 Å². The van der Waals surface area contributed by atoms with Gasteiger partial charge in [0, 0.05) is 16.8 Å². The molecule has 0 radical (unpaired) electrons. The molecule has 3 nitrogen and oxygen atoms in total. The molecule has 0 aliphatic rings. The Morgan fingerprint density at radius 1 is 1.24 bits per heavy atom. The maximum Gasteiger partial charge on any atom is 0.212 e. The standard InChI is InChI=1S/C16H13ClN2OS/c1-2-21-16-14(19-10-4-3-5-13(19)18-16)15(20)11-6-8-12(17)9-7-11/h3-10H,2H2,1H3. The zero-order valence-electron chi connectivity index (χ0n) is 11.4. The summed E-state index contributed by atoms with van der Waals surface area (Å²) in [5.41, 5.74) is 2.01. The molecule has 0 spiro atoms. The fourth-order valence-corrected chi connectivity index (χ4v) is 3.04. The summed E-state index contributed by atoms with van der Waals surface area (Å²) < 4.78 is 1.84. The van der Waals surface area contributed by atoms with Gasteiger partial charge in [-0.15, -0.1) is 11.8 Å². The van der Waals surface area contributed by atoms with Gasteiger partial charge >= 0.3 is 0 Å². The normalized spacial score (nSPS) is 11.0. The van der Waals surface area contributed by atoms with Crippen molar-refractivity contribution >= 4 is 34.8 Å². The molecule has 2 heterocycles. The van der Waals surface area contributed by atoms with Crippen molar-refractivity contribution in [3.63, 3.8) is 0 Å². The number of imidazole rings is 1. The number of ketones is 1. The van der Waals surface area contributed by atoms with Gasteiger partial charge in [0.1, 0.15) is 16.4 Å². The Balaban J connectivity index is 2.15. The van der Waals surface area contributed by atoms with Gasteiger partial charge < -0.3 is 0 Å². The fraction of sp³-hybridized carbons (Fsp3) is 0.125. The second kappa shape index (κ2) is 5.92. The number of pyridine rings is 1. The molecule has 0 fully saturated rings. The number of hydrogen-bond acceptors (Lipinski definition) is 3. The molecule has 0 N–H and O–H groups in total. The molecule has 0 bridgehead atoms. The fourth-order valence-electron chi connectivity index (χ4n) is 2.16. The zero-order chi connectivity index (χ0) is 14.8. The number of thioether (sulfide) groups is 1. The Morgan fingerprint density at radius 3 is 2.71 bits per heavy atom. The van der Waals surface area contributed by atoms with E-state index in [2.05, 4.69) is 4.98 Å². The van der Waals surface area contributed by atoms with Crippen LogP contribution in [-0.2, 0) is 0 Å². The Kier molecular flexibility index (Phi) is 3.99. The van der Waals surface area contributed by atoms with Gasteiger partial charge in [0.25, 0.3) is 0 Å². The molecule has 21 heavy (non-hydrogen) atoms. The molecule has 0 saturated heterocycles. The number of carbonyl (C=O) groups is 1. The third-order valence-electron chi connectivity index (χ3n) is 3.10. The van der Waals surface area contributed by atoms with Gasteiger partial charge in [-0.3, -0.25) is 9.20 Å². The maximum absolute atomic E-state index is 12.8. The lowest BCUT2D eigenvalue weighted by Gasteiger charge is -2.04. The number of halogens is 1. The lowest BCUT2D eigenvalue weighted by Crippen LogP contribution is -2.06. The van der Waals surface area contributed by atoms with E-state index >= 15 is 0 Å². The van der Waals surface area contributed by atoms with E-state index in [1.807, 2.05) is 35.7 Å². The highest BCUT2D eigenvalue weighted by Crippen LogP contribution is 2.26. The van der Waals surface area contributed by atoms with Crippen LogP contribution in [0.1, 0.15) is 23.0 Å². The van der Waals surface area contributed by atoms with Gasteiger partial charge in [0.15, 0.2) is 0 Å². The van der Waals surface area contributed by atoms with Crippen LogP contribution < -0.4 is 0 Å². The van der Waals surface area contributed by atoms with Crippen LogP contribution in [0, 0.1) is 0 Å². The van der Waals surface area contributed by atoms with Crippen LogP contribution in [0.2, 0.25) is 5.02 Å². The molecular weight excluding hydrogens is 304 g/mol. The minimum absolute atomic E-state index is 0.0404. The van der Waals surface area contributed by atoms with Gasteiger partial charge in [-0.1, -0.05) is 24.6 Å². The van der Waals surface area contributed by atoms with Crippen molar-refractivity contribution in [3.8, 4) is 0 Å². The quantitative estimate of drug-likeness (QED) is 0.530. The van der Waals surface area contributed by atoms with E-state index in [-0.39, 0.29) is 5.78 Å². The van der Waals surface area contributed by atoms with Crippen molar-refractivity contribution in [1.82, 2.24) is 9.38 Å². The molecule has 2 aromatic heterocycles. The summed E-state index contributed by atoms with van der Waals surface area (Å²) in [6.07, 6.45) is 1.87. The average Bonchev–Trinajstić information content (AvgIpc) is 2.85. The molecule has 3 rings (SSSR count). The highest BCUT2D eigenvalue weighted by molar-refractivity contribution is 7.99. The number of hydrogen-bond donors (Lipinski definition) is 0. The third-order valence-corrected chi connectivity index (χ3v) is 4.20. The number of aromatic nitrogens is 2. The maximum atomic E-state index is 12.8. The van der Waals surface area contributed by atoms with E-state index in [4.69, 9.17) is 11.6 Å². The van der Waals surface area contributed by atoms with E-state index in [0.29, 0.717) is 16.3 Å². The minimum atomic E-state index is -0.0404. The van der Waals surface area contributed by atoms with Gasteiger partial charge in [-0.05, 0) is 42.2 Å². The predicted octanol–water partition coefficient (Wildman–Crippen LogP) is 4.33. The van der Waals surface area contributed by atoms with E-state index < -0.39 is 0 Å². The first-order chi connectivity index (χ1) is 10.2. The smallest absolute Gasteiger partial charge is 0.212 e. The highest BCUT2D eigenvalue weighted by Gasteiger charge is 2.20. The number of benzene rings is 1. The summed E-state index contributed by atoms with van der Waals surface area (Å²) in [4.78, 5) is 17.4. The second-order valence-electron chi connectivity index (χ2n) is 4.46. The van der Waals surface area contributed by atoms with Gasteiger partial charge in [0.05, 0.1) is 0 Å². The predicted molar refractivity (Wildman–Crippen MR) is 86.5 cm³/mol. The van der Waals surface area contributed by atoms with Crippen LogP contribution >= 0.6 is 23.4 Å². The number of nitrogens with zero attached hydrogens (tertiary/aromatic N) is 2. The molecule has 106 valence electrons. The largest absolute Gasteiger partial charge is 0.296 e. The topological polar surface area (TPSA) is 34.4 Å². The first-order valence-corrected chi connectivity index (χ1v) is 7.97. The summed E-state index contributed by atoms with van der Waals surface area (Å²) in [5, 5.41) is 1.39. The summed E-state index contributed by atoms with van der Waals surface area (Å²) in [5.74, 6) is 0.825. The molecule has 0 unspecified atom stereocenters. The van der Waals surface area contributed by atoms with Crippen molar-refractivity contribution in [2.24, 2.45) is 0 Å². The zero-order valence-corrected chi connectivity index (χ0v) is 13.0. The van der Waals surface area contributed by atoms with Crippen molar-refractivity contribution in [2.45, 2.75) is 11.9 Å². The molecule has 0 aliphatic heterocycles. The summed E-state index contributed by atoms with van der Waals surface area (Å²) in [6.45, 7) is 2.05. The lowest BCUT2D eigenvalue weighted by atomic mass is 10.1. The Bertz CT molecular complexity index is 796. The Hall–Kier alpha value is -1.78. The Labute approximate surface area is 132 Å². The van der Waals surface area contributed by atoms with Crippen LogP contribution in [0.3, 0.4) is 0 Å². The highest BCUT2D eigenvalue weighted by atomic mass is 35.5.